The second-order valence-corrected chi connectivity index (χ2v) is 4.31. The monoisotopic (exact) mass is 213 g/mol. The van der Waals surface area contributed by atoms with Crippen molar-refractivity contribution >= 4 is 22.3 Å². The van der Waals surface area contributed by atoms with Crippen molar-refractivity contribution in [3.05, 3.63) is 30.5 Å². The van der Waals surface area contributed by atoms with Crippen LogP contribution in [0.2, 0.25) is 0 Å². The first kappa shape index (κ1) is 9.46. The van der Waals surface area contributed by atoms with Gasteiger partial charge >= 0.3 is 0 Å². The number of pyridine rings is 1. The zero-order valence-corrected chi connectivity index (χ0v) is 9.19. The van der Waals surface area contributed by atoms with Crippen molar-refractivity contribution < 1.29 is 0 Å². The fourth-order valence-corrected chi connectivity index (χ4v) is 2.36. The minimum atomic E-state index is 0.811. The summed E-state index contributed by atoms with van der Waals surface area (Å²) < 4.78 is 0. The lowest BCUT2D eigenvalue weighted by atomic mass is 10.1. The van der Waals surface area contributed by atoms with Crippen LogP contribution in [0.25, 0.3) is 10.8 Å². The van der Waals surface area contributed by atoms with E-state index >= 15 is 0 Å². The lowest BCUT2D eigenvalue weighted by molar-refractivity contribution is 0.946. The molecule has 1 saturated heterocycles. The largest absolute Gasteiger partial charge is 0.399 e. The molecule has 1 aromatic carbocycles. The van der Waals surface area contributed by atoms with Crippen molar-refractivity contribution in [1.29, 1.82) is 0 Å². The van der Waals surface area contributed by atoms with E-state index in [0.717, 1.165) is 24.6 Å². The zero-order chi connectivity index (χ0) is 11.0. The first-order chi connectivity index (χ1) is 7.84. The lowest BCUT2D eigenvalue weighted by Gasteiger charge is -2.18. The van der Waals surface area contributed by atoms with Crippen LogP contribution < -0.4 is 10.6 Å². The number of hydrogen-bond donors (Lipinski definition) is 1. The van der Waals surface area contributed by atoms with E-state index < -0.39 is 0 Å². The molecule has 3 heteroatoms. The molecule has 82 valence electrons. The van der Waals surface area contributed by atoms with Crippen LogP contribution in [0.4, 0.5) is 11.5 Å². The molecule has 1 aliphatic heterocycles. The van der Waals surface area contributed by atoms with E-state index in [9.17, 15) is 0 Å². The van der Waals surface area contributed by atoms with Gasteiger partial charge in [0.25, 0.3) is 0 Å². The van der Waals surface area contributed by atoms with Gasteiger partial charge in [-0.15, -0.1) is 0 Å². The van der Waals surface area contributed by atoms with Gasteiger partial charge in [-0.1, -0.05) is 0 Å². The average Bonchev–Trinajstić information content (AvgIpc) is 2.81. The number of hydrogen-bond acceptors (Lipinski definition) is 3. The third kappa shape index (κ3) is 1.48. The van der Waals surface area contributed by atoms with Gasteiger partial charge in [0.1, 0.15) is 5.82 Å². The van der Waals surface area contributed by atoms with Gasteiger partial charge in [-0.2, -0.15) is 0 Å². The minimum Gasteiger partial charge on any atom is -0.399 e. The van der Waals surface area contributed by atoms with Crippen LogP contribution in [-0.2, 0) is 0 Å². The summed E-state index contributed by atoms with van der Waals surface area (Å²) in [5, 5.41) is 2.38. The molecule has 2 N–H and O–H groups in total. The Morgan fingerprint density at radius 2 is 1.94 bits per heavy atom. The van der Waals surface area contributed by atoms with E-state index in [2.05, 4.69) is 16.0 Å². The van der Waals surface area contributed by atoms with Gasteiger partial charge in [0.05, 0.1) is 0 Å². The molecule has 0 unspecified atom stereocenters. The van der Waals surface area contributed by atoms with Gasteiger partial charge in [0.15, 0.2) is 0 Å². The molecule has 2 aromatic rings. The Morgan fingerprint density at radius 1 is 1.12 bits per heavy atom. The molecule has 1 aromatic heterocycles. The standard InChI is InChI=1S/C13H15N3/c14-11-3-4-12-10(9-11)5-6-15-13(12)16-7-1-2-8-16/h3-6,9H,1-2,7-8,14H2. The average molecular weight is 213 g/mol. The number of nitrogens with zero attached hydrogens (tertiary/aromatic N) is 2. The minimum absolute atomic E-state index is 0.811. The molecule has 0 radical (unpaired) electrons. The number of rotatable bonds is 1. The molecular formula is C13H15N3. The maximum Gasteiger partial charge on any atom is 0.136 e. The molecular weight excluding hydrogens is 198 g/mol. The lowest BCUT2D eigenvalue weighted by Crippen LogP contribution is -2.19. The Hall–Kier alpha value is -1.77. The SMILES string of the molecule is Nc1ccc2c(N3CCCC3)nccc2c1. The molecule has 3 rings (SSSR count). The Bertz CT molecular complexity index is 516. The smallest absolute Gasteiger partial charge is 0.136 e. The Kier molecular flexibility index (Phi) is 2.17. The summed E-state index contributed by atoms with van der Waals surface area (Å²) in [6.45, 7) is 2.24. The summed E-state index contributed by atoms with van der Waals surface area (Å²) in [4.78, 5) is 6.86. The zero-order valence-electron chi connectivity index (χ0n) is 9.19. The normalized spacial score (nSPS) is 15.9. The highest BCUT2D eigenvalue weighted by atomic mass is 15.2. The summed E-state index contributed by atoms with van der Waals surface area (Å²) in [5.41, 5.74) is 6.60. The van der Waals surface area contributed by atoms with Crippen LogP contribution in [0.1, 0.15) is 12.8 Å². The summed E-state index contributed by atoms with van der Waals surface area (Å²) >= 11 is 0. The molecule has 0 aliphatic carbocycles. The quantitative estimate of drug-likeness (QED) is 0.740. The number of nitrogen functional groups attached to an aromatic ring is 1. The van der Waals surface area contributed by atoms with E-state index in [1.54, 1.807) is 0 Å². The number of anilines is 2. The van der Waals surface area contributed by atoms with Gasteiger partial charge in [-0.3, -0.25) is 0 Å². The molecule has 0 saturated carbocycles. The predicted molar refractivity (Wildman–Crippen MR) is 67.6 cm³/mol. The van der Waals surface area contributed by atoms with Crippen LogP contribution in [0.15, 0.2) is 30.5 Å². The molecule has 1 fully saturated rings. The fraction of sp³-hybridized carbons (Fsp3) is 0.308. The van der Waals surface area contributed by atoms with Crippen LogP contribution in [-0.4, -0.2) is 18.1 Å². The van der Waals surface area contributed by atoms with Crippen molar-refractivity contribution in [2.24, 2.45) is 0 Å². The maximum absolute atomic E-state index is 5.79. The second-order valence-electron chi connectivity index (χ2n) is 4.31. The Morgan fingerprint density at radius 3 is 2.75 bits per heavy atom. The van der Waals surface area contributed by atoms with E-state index in [4.69, 9.17) is 5.73 Å². The molecule has 3 nitrogen and oxygen atoms in total. The van der Waals surface area contributed by atoms with Gasteiger partial charge in [-0.05, 0) is 42.5 Å². The van der Waals surface area contributed by atoms with Gasteiger partial charge < -0.3 is 10.6 Å². The number of benzene rings is 1. The first-order valence-corrected chi connectivity index (χ1v) is 5.74. The molecule has 2 heterocycles. The third-order valence-corrected chi connectivity index (χ3v) is 3.17. The number of nitrogens with two attached hydrogens (primary N) is 1. The van der Waals surface area contributed by atoms with E-state index in [0.29, 0.717) is 0 Å². The summed E-state index contributed by atoms with van der Waals surface area (Å²) in [7, 11) is 0. The molecule has 0 amide bonds. The summed E-state index contributed by atoms with van der Waals surface area (Å²) in [6.07, 6.45) is 4.41. The van der Waals surface area contributed by atoms with Gasteiger partial charge in [-0.25, -0.2) is 4.98 Å². The summed E-state index contributed by atoms with van der Waals surface area (Å²) in [5.74, 6) is 1.11. The van der Waals surface area contributed by atoms with Crippen molar-refractivity contribution in [1.82, 2.24) is 4.98 Å². The fourth-order valence-electron chi connectivity index (χ4n) is 2.36. The van der Waals surface area contributed by atoms with Crippen LogP contribution in [0, 0.1) is 0 Å². The second kappa shape index (κ2) is 3.67. The third-order valence-electron chi connectivity index (χ3n) is 3.17. The van der Waals surface area contributed by atoms with Gasteiger partial charge in [0.2, 0.25) is 0 Å². The van der Waals surface area contributed by atoms with Crippen molar-refractivity contribution in [2.75, 3.05) is 23.7 Å². The molecule has 1 aliphatic rings. The van der Waals surface area contributed by atoms with E-state index in [1.807, 2.05) is 24.4 Å². The van der Waals surface area contributed by atoms with Crippen molar-refractivity contribution in [3.8, 4) is 0 Å². The van der Waals surface area contributed by atoms with Crippen LogP contribution >= 0.6 is 0 Å². The molecule has 0 spiro atoms. The molecule has 0 atom stereocenters. The molecule has 16 heavy (non-hydrogen) atoms. The van der Waals surface area contributed by atoms with E-state index in [1.165, 1.54) is 23.6 Å². The van der Waals surface area contributed by atoms with E-state index in [-0.39, 0.29) is 0 Å². The van der Waals surface area contributed by atoms with Gasteiger partial charge in [0, 0.05) is 30.4 Å². The molecule has 0 bridgehead atoms. The van der Waals surface area contributed by atoms with Crippen LogP contribution in [0.3, 0.4) is 0 Å². The van der Waals surface area contributed by atoms with Crippen molar-refractivity contribution in [2.45, 2.75) is 12.8 Å². The topological polar surface area (TPSA) is 42.1 Å². The number of aromatic nitrogens is 1. The predicted octanol–water partition coefficient (Wildman–Crippen LogP) is 2.42. The summed E-state index contributed by atoms with van der Waals surface area (Å²) in [6, 6.07) is 8.05. The highest BCUT2D eigenvalue weighted by molar-refractivity contribution is 5.94. The van der Waals surface area contributed by atoms with Crippen molar-refractivity contribution in [3.63, 3.8) is 0 Å². The first-order valence-electron chi connectivity index (χ1n) is 5.74. The van der Waals surface area contributed by atoms with Crippen LogP contribution in [0.5, 0.6) is 0 Å². The highest BCUT2D eigenvalue weighted by Crippen LogP contribution is 2.28. The Labute approximate surface area is 94.9 Å². The highest BCUT2D eigenvalue weighted by Gasteiger charge is 2.15. The maximum atomic E-state index is 5.79. The Balaban J connectivity index is 2.16. The number of fused-ring (bicyclic) bond motifs is 1.